The number of carbonyl (C=O) groups is 2. The summed E-state index contributed by atoms with van der Waals surface area (Å²) in [7, 11) is 2.56. The van der Waals surface area contributed by atoms with Crippen LogP contribution in [0.25, 0.3) is 0 Å². The van der Waals surface area contributed by atoms with E-state index < -0.39 is 11.9 Å². The van der Waals surface area contributed by atoms with Crippen LogP contribution < -0.4 is 5.73 Å². The first kappa shape index (κ1) is 13.6. The number of anilines is 1. The van der Waals surface area contributed by atoms with Crippen LogP contribution in [0, 0.1) is 11.8 Å². The molecule has 1 aromatic carbocycles. The first-order valence-corrected chi connectivity index (χ1v) is 5.12. The van der Waals surface area contributed by atoms with Crippen LogP contribution in [-0.2, 0) is 14.3 Å². The number of nitrogens with two attached hydrogens (primary N) is 1. The van der Waals surface area contributed by atoms with Gasteiger partial charge in [-0.2, -0.15) is 0 Å². The number of rotatable bonds is 2. The Bertz CT molecular complexity index is 526. The summed E-state index contributed by atoms with van der Waals surface area (Å²) in [5.74, 6) is 4.38. The molecule has 0 unspecified atom stereocenters. The maximum atomic E-state index is 11.5. The monoisotopic (exact) mass is 247 g/mol. The fourth-order valence-corrected chi connectivity index (χ4v) is 1.23. The zero-order chi connectivity index (χ0) is 13.5. The van der Waals surface area contributed by atoms with Crippen LogP contribution in [0.4, 0.5) is 5.69 Å². The summed E-state index contributed by atoms with van der Waals surface area (Å²) in [4.78, 5) is 22.4. The van der Waals surface area contributed by atoms with Crippen molar-refractivity contribution in [3.8, 4) is 11.8 Å². The average molecular weight is 247 g/mol. The molecule has 0 heterocycles. The Morgan fingerprint density at radius 2 is 2.00 bits per heavy atom. The Morgan fingerprint density at radius 3 is 2.61 bits per heavy atom. The SMILES string of the molecule is COC(=O)CC#Cc1ccc(N)cc1C(=O)OC. The zero-order valence-corrected chi connectivity index (χ0v) is 10.1. The van der Waals surface area contributed by atoms with Gasteiger partial charge in [-0.3, -0.25) is 4.79 Å². The number of ether oxygens (including phenoxy) is 2. The molecule has 0 aliphatic carbocycles. The van der Waals surface area contributed by atoms with E-state index in [1.165, 1.54) is 20.3 Å². The lowest BCUT2D eigenvalue weighted by Gasteiger charge is -2.03. The summed E-state index contributed by atoms with van der Waals surface area (Å²) in [6.45, 7) is 0. The minimum absolute atomic E-state index is 0.0402. The Labute approximate surface area is 105 Å². The highest BCUT2D eigenvalue weighted by molar-refractivity contribution is 5.93. The molecule has 0 amide bonds. The van der Waals surface area contributed by atoms with E-state index in [4.69, 9.17) is 5.73 Å². The summed E-state index contributed by atoms with van der Waals surface area (Å²) in [5, 5.41) is 0. The zero-order valence-electron chi connectivity index (χ0n) is 10.1. The van der Waals surface area contributed by atoms with Crippen LogP contribution in [0.5, 0.6) is 0 Å². The molecular weight excluding hydrogens is 234 g/mol. The molecule has 1 rings (SSSR count). The molecule has 0 aromatic heterocycles. The van der Waals surface area contributed by atoms with Crippen molar-refractivity contribution in [2.75, 3.05) is 20.0 Å². The van der Waals surface area contributed by atoms with Crippen LogP contribution in [0.15, 0.2) is 18.2 Å². The van der Waals surface area contributed by atoms with Gasteiger partial charge in [0.15, 0.2) is 0 Å². The number of nitrogen functional groups attached to an aromatic ring is 1. The highest BCUT2D eigenvalue weighted by atomic mass is 16.5. The van der Waals surface area contributed by atoms with Gasteiger partial charge < -0.3 is 15.2 Å². The van der Waals surface area contributed by atoms with Crippen molar-refractivity contribution in [3.05, 3.63) is 29.3 Å². The number of carbonyl (C=O) groups excluding carboxylic acids is 2. The Hall–Kier alpha value is -2.48. The minimum atomic E-state index is -0.523. The molecule has 0 spiro atoms. The number of benzene rings is 1. The summed E-state index contributed by atoms with van der Waals surface area (Å²) in [5.41, 5.74) is 6.76. The van der Waals surface area contributed by atoms with Gasteiger partial charge in [-0.15, -0.1) is 0 Å². The Kier molecular flexibility index (Phi) is 4.76. The first-order chi connectivity index (χ1) is 8.58. The minimum Gasteiger partial charge on any atom is -0.468 e. The van der Waals surface area contributed by atoms with Gasteiger partial charge in [0.05, 0.1) is 19.8 Å². The second kappa shape index (κ2) is 6.30. The quantitative estimate of drug-likeness (QED) is 0.478. The van der Waals surface area contributed by atoms with Crippen molar-refractivity contribution >= 4 is 17.6 Å². The van der Waals surface area contributed by atoms with Crippen LogP contribution in [0.2, 0.25) is 0 Å². The Morgan fingerprint density at radius 1 is 1.28 bits per heavy atom. The van der Waals surface area contributed by atoms with Gasteiger partial charge in [0.1, 0.15) is 6.42 Å². The molecule has 0 atom stereocenters. The van der Waals surface area contributed by atoms with E-state index in [1.54, 1.807) is 12.1 Å². The van der Waals surface area contributed by atoms with Crippen molar-refractivity contribution in [3.63, 3.8) is 0 Å². The summed E-state index contributed by atoms with van der Waals surface area (Å²) < 4.78 is 9.08. The van der Waals surface area contributed by atoms with Crippen molar-refractivity contribution in [1.82, 2.24) is 0 Å². The largest absolute Gasteiger partial charge is 0.468 e. The highest BCUT2D eigenvalue weighted by Crippen LogP contribution is 2.13. The molecule has 18 heavy (non-hydrogen) atoms. The van der Waals surface area contributed by atoms with Gasteiger partial charge in [-0.1, -0.05) is 11.8 Å². The van der Waals surface area contributed by atoms with Crippen LogP contribution in [-0.4, -0.2) is 26.2 Å². The van der Waals surface area contributed by atoms with E-state index in [1.807, 2.05) is 0 Å². The second-order valence-corrected chi connectivity index (χ2v) is 3.35. The van der Waals surface area contributed by atoms with Gasteiger partial charge in [-0.25, -0.2) is 4.79 Å². The van der Waals surface area contributed by atoms with Gasteiger partial charge in [0.2, 0.25) is 0 Å². The van der Waals surface area contributed by atoms with Crippen molar-refractivity contribution in [2.45, 2.75) is 6.42 Å². The Balaban J connectivity index is 3.01. The van der Waals surface area contributed by atoms with Gasteiger partial charge in [-0.05, 0) is 18.2 Å². The lowest BCUT2D eigenvalue weighted by atomic mass is 10.1. The number of methoxy groups -OCH3 is 2. The number of esters is 2. The van der Waals surface area contributed by atoms with E-state index in [2.05, 4.69) is 21.3 Å². The third-order valence-corrected chi connectivity index (χ3v) is 2.13. The van der Waals surface area contributed by atoms with E-state index in [9.17, 15) is 9.59 Å². The summed E-state index contributed by atoms with van der Waals surface area (Å²) in [6, 6.07) is 4.70. The molecule has 0 bridgehead atoms. The first-order valence-electron chi connectivity index (χ1n) is 5.12. The molecule has 0 fully saturated rings. The maximum Gasteiger partial charge on any atom is 0.339 e. The molecule has 2 N–H and O–H groups in total. The number of hydrogen-bond acceptors (Lipinski definition) is 5. The van der Waals surface area contributed by atoms with Crippen LogP contribution >= 0.6 is 0 Å². The van der Waals surface area contributed by atoms with Gasteiger partial charge in [0.25, 0.3) is 0 Å². The second-order valence-electron chi connectivity index (χ2n) is 3.35. The van der Waals surface area contributed by atoms with E-state index in [0.717, 1.165) is 0 Å². The average Bonchev–Trinajstić information content (AvgIpc) is 2.39. The molecule has 1 aromatic rings. The predicted molar refractivity (Wildman–Crippen MR) is 65.7 cm³/mol. The molecule has 0 radical (unpaired) electrons. The standard InChI is InChI=1S/C13H13NO4/c1-17-12(15)5-3-4-9-6-7-10(14)8-11(9)13(16)18-2/h6-8H,5,14H2,1-2H3. The predicted octanol–water partition coefficient (Wildman–Crippen LogP) is 0.970. The topological polar surface area (TPSA) is 78.6 Å². The van der Waals surface area contributed by atoms with Crippen molar-refractivity contribution in [1.29, 1.82) is 0 Å². The van der Waals surface area contributed by atoms with Crippen molar-refractivity contribution < 1.29 is 19.1 Å². The van der Waals surface area contributed by atoms with Gasteiger partial charge >= 0.3 is 11.9 Å². The highest BCUT2D eigenvalue weighted by Gasteiger charge is 2.10. The molecule has 0 aliphatic heterocycles. The number of hydrogen-bond donors (Lipinski definition) is 1. The molecule has 94 valence electrons. The molecule has 0 saturated carbocycles. The summed E-state index contributed by atoms with van der Waals surface area (Å²) >= 11 is 0. The fraction of sp³-hybridized carbons (Fsp3) is 0.231. The van der Waals surface area contributed by atoms with E-state index in [0.29, 0.717) is 11.3 Å². The van der Waals surface area contributed by atoms with E-state index in [-0.39, 0.29) is 12.0 Å². The third kappa shape index (κ3) is 3.52. The molecule has 5 heteroatoms. The third-order valence-electron chi connectivity index (χ3n) is 2.13. The normalized spacial score (nSPS) is 9.00. The molecular formula is C13H13NO4. The fourth-order valence-electron chi connectivity index (χ4n) is 1.23. The molecule has 0 aliphatic rings. The lowest BCUT2D eigenvalue weighted by molar-refractivity contribution is -0.139. The lowest BCUT2D eigenvalue weighted by Crippen LogP contribution is -2.05. The van der Waals surface area contributed by atoms with Crippen LogP contribution in [0.1, 0.15) is 22.3 Å². The smallest absolute Gasteiger partial charge is 0.339 e. The van der Waals surface area contributed by atoms with E-state index >= 15 is 0 Å². The molecule has 5 nitrogen and oxygen atoms in total. The van der Waals surface area contributed by atoms with Crippen molar-refractivity contribution in [2.24, 2.45) is 0 Å². The summed E-state index contributed by atoms with van der Waals surface area (Å²) in [6.07, 6.45) is -0.0402. The molecule has 0 saturated heterocycles. The van der Waals surface area contributed by atoms with Crippen LogP contribution in [0.3, 0.4) is 0 Å². The van der Waals surface area contributed by atoms with Gasteiger partial charge in [0, 0.05) is 11.3 Å². The maximum absolute atomic E-state index is 11.5.